The molecule has 2 nitrogen and oxygen atoms in total. The van der Waals surface area contributed by atoms with Crippen LogP contribution in [-0.4, -0.2) is 10.1 Å². The maximum Gasteiger partial charge on any atom is 0.0702 e. The molecule has 0 amide bonds. The Morgan fingerprint density at radius 2 is 1.88 bits per heavy atom. The van der Waals surface area contributed by atoms with Gasteiger partial charge in [0, 0.05) is 21.4 Å². The first-order valence-electron chi connectivity index (χ1n) is 5.51. The zero-order valence-electron chi connectivity index (χ0n) is 9.42. The van der Waals surface area contributed by atoms with Crippen molar-refractivity contribution >= 4 is 33.4 Å². The van der Waals surface area contributed by atoms with E-state index in [1.165, 1.54) is 0 Å². The van der Waals surface area contributed by atoms with Crippen LogP contribution >= 0.6 is 11.6 Å². The molecular formula is C14H12ClNO. The molecule has 2 N–H and O–H groups in total. The van der Waals surface area contributed by atoms with Crippen molar-refractivity contribution in [1.29, 1.82) is 0 Å². The van der Waals surface area contributed by atoms with E-state index in [-0.39, 0.29) is 6.61 Å². The second-order valence-corrected chi connectivity index (χ2v) is 4.62. The Morgan fingerprint density at radius 3 is 2.65 bits per heavy atom. The van der Waals surface area contributed by atoms with Crippen molar-refractivity contribution in [3.05, 3.63) is 46.5 Å². The van der Waals surface area contributed by atoms with Gasteiger partial charge in [-0.25, -0.2) is 0 Å². The number of nitrogens with one attached hydrogen (secondary N) is 1. The first kappa shape index (κ1) is 10.6. The number of benzene rings is 2. The van der Waals surface area contributed by atoms with Gasteiger partial charge in [-0.1, -0.05) is 35.9 Å². The maximum atomic E-state index is 9.34. The molecule has 0 saturated carbocycles. The smallest absolute Gasteiger partial charge is 0.0702 e. The topological polar surface area (TPSA) is 36.0 Å². The van der Waals surface area contributed by atoms with Gasteiger partial charge in [0.25, 0.3) is 0 Å². The van der Waals surface area contributed by atoms with E-state index in [1.807, 2.05) is 31.2 Å². The molecule has 17 heavy (non-hydrogen) atoms. The van der Waals surface area contributed by atoms with Crippen LogP contribution in [0.3, 0.4) is 0 Å². The normalized spacial score (nSPS) is 11.5. The van der Waals surface area contributed by atoms with Crippen LogP contribution in [0, 0.1) is 6.92 Å². The van der Waals surface area contributed by atoms with Gasteiger partial charge < -0.3 is 10.1 Å². The first-order chi connectivity index (χ1) is 8.22. The zero-order valence-corrected chi connectivity index (χ0v) is 10.2. The molecule has 3 rings (SSSR count). The van der Waals surface area contributed by atoms with E-state index in [2.05, 4.69) is 11.1 Å². The SMILES string of the molecule is Cc1c(Cl)ccc2c1[nH]c1c(CO)cccc12. The van der Waals surface area contributed by atoms with Gasteiger partial charge in [0.15, 0.2) is 0 Å². The Kier molecular flexibility index (Phi) is 2.35. The van der Waals surface area contributed by atoms with Gasteiger partial charge >= 0.3 is 0 Å². The molecule has 3 heteroatoms. The summed E-state index contributed by atoms with van der Waals surface area (Å²) in [5, 5.41) is 12.4. The lowest BCUT2D eigenvalue weighted by atomic mass is 10.1. The Hall–Kier alpha value is -1.51. The van der Waals surface area contributed by atoms with Gasteiger partial charge in [0.1, 0.15) is 0 Å². The van der Waals surface area contributed by atoms with Crippen molar-refractivity contribution < 1.29 is 5.11 Å². The number of hydrogen-bond acceptors (Lipinski definition) is 1. The summed E-state index contributed by atoms with van der Waals surface area (Å²) in [7, 11) is 0. The molecular weight excluding hydrogens is 234 g/mol. The minimum absolute atomic E-state index is 0.0386. The van der Waals surface area contributed by atoms with E-state index in [4.69, 9.17) is 11.6 Å². The first-order valence-corrected chi connectivity index (χ1v) is 5.89. The predicted molar refractivity (Wildman–Crippen MR) is 71.5 cm³/mol. The molecule has 0 unspecified atom stereocenters. The summed E-state index contributed by atoms with van der Waals surface area (Å²) < 4.78 is 0. The number of rotatable bonds is 1. The van der Waals surface area contributed by atoms with Crippen molar-refractivity contribution in [2.45, 2.75) is 13.5 Å². The summed E-state index contributed by atoms with van der Waals surface area (Å²) in [4.78, 5) is 3.36. The summed E-state index contributed by atoms with van der Waals surface area (Å²) >= 11 is 6.12. The Bertz CT molecular complexity index is 715. The zero-order chi connectivity index (χ0) is 12.0. The number of para-hydroxylation sites is 1. The van der Waals surface area contributed by atoms with Crippen molar-refractivity contribution in [1.82, 2.24) is 4.98 Å². The molecule has 1 heterocycles. The van der Waals surface area contributed by atoms with Gasteiger partial charge in [0.05, 0.1) is 17.6 Å². The van der Waals surface area contributed by atoms with Crippen LogP contribution in [0.15, 0.2) is 30.3 Å². The predicted octanol–water partition coefficient (Wildman–Crippen LogP) is 3.78. The average molecular weight is 246 g/mol. The summed E-state index contributed by atoms with van der Waals surface area (Å²) in [6, 6.07) is 9.88. The fourth-order valence-corrected chi connectivity index (χ4v) is 2.46. The molecule has 1 aromatic heterocycles. The molecule has 86 valence electrons. The van der Waals surface area contributed by atoms with Crippen LogP contribution in [-0.2, 0) is 6.61 Å². The van der Waals surface area contributed by atoms with E-state index >= 15 is 0 Å². The second kappa shape index (κ2) is 3.76. The van der Waals surface area contributed by atoms with Crippen LogP contribution in [0.5, 0.6) is 0 Å². The summed E-state index contributed by atoms with van der Waals surface area (Å²) in [5.41, 5.74) is 4.00. The highest BCUT2D eigenvalue weighted by atomic mass is 35.5. The van der Waals surface area contributed by atoms with E-state index in [9.17, 15) is 5.11 Å². The lowest BCUT2D eigenvalue weighted by Crippen LogP contribution is -1.83. The van der Waals surface area contributed by atoms with Crippen molar-refractivity contribution in [2.75, 3.05) is 0 Å². The quantitative estimate of drug-likeness (QED) is 0.673. The Balaban J connectivity index is 2.53. The number of aliphatic hydroxyl groups is 1. The van der Waals surface area contributed by atoms with E-state index in [0.717, 1.165) is 38.0 Å². The summed E-state index contributed by atoms with van der Waals surface area (Å²) in [5.74, 6) is 0. The van der Waals surface area contributed by atoms with Crippen LogP contribution in [0.2, 0.25) is 5.02 Å². The highest BCUT2D eigenvalue weighted by Crippen LogP contribution is 2.32. The molecule has 0 aliphatic carbocycles. The number of hydrogen-bond donors (Lipinski definition) is 2. The molecule has 0 atom stereocenters. The highest BCUT2D eigenvalue weighted by Gasteiger charge is 2.10. The van der Waals surface area contributed by atoms with Crippen molar-refractivity contribution in [3.63, 3.8) is 0 Å². The van der Waals surface area contributed by atoms with Gasteiger partial charge in [0.2, 0.25) is 0 Å². The monoisotopic (exact) mass is 245 g/mol. The lowest BCUT2D eigenvalue weighted by Gasteiger charge is -1.98. The molecule has 2 aromatic carbocycles. The number of aromatic amines is 1. The van der Waals surface area contributed by atoms with Crippen LogP contribution < -0.4 is 0 Å². The third kappa shape index (κ3) is 1.45. The fraction of sp³-hybridized carbons (Fsp3) is 0.143. The Morgan fingerprint density at radius 1 is 1.12 bits per heavy atom. The van der Waals surface area contributed by atoms with Gasteiger partial charge in [-0.2, -0.15) is 0 Å². The van der Waals surface area contributed by atoms with Crippen LogP contribution in [0.25, 0.3) is 21.8 Å². The van der Waals surface area contributed by atoms with Gasteiger partial charge in [-0.15, -0.1) is 0 Å². The standard InChI is InChI=1S/C14H12ClNO/c1-8-12(15)6-5-11-10-4-2-3-9(7-17)14(10)16-13(8)11/h2-6,16-17H,7H2,1H3. The van der Waals surface area contributed by atoms with E-state index < -0.39 is 0 Å². The highest BCUT2D eigenvalue weighted by molar-refractivity contribution is 6.32. The van der Waals surface area contributed by atoms with Gasteiger partial charge in [-0.3, -0.25) is 0 Å². The largest absolute Gasteiger partial charge is 0.392 e. The molecule has 3 aromatic rings. The molecule has 0 radical (unpaired) electrons. The number of aryl methyl sites for hydroxylation is 1. The van der Waals surface area contributed by atoms with Crippen molar-refractivity contribution in [3.8, 4) is 0 Å². The number of halogens is 1. The fourth-order valence-electron chi connectivity index (χ4n) is 2.30. The Labute approximate surface area is 104 Å². The molecule has 0 aliphatic heterocycles. The van der Waals surface area contributed by atoms with Gasteiger partial charge in [-0.05, 0) is 18.6 Å². The molecule has 0 bridgehead atoms. The van der Waals surface area contributed by atoms with E-state index in [0.29, 0.717) is 0 Å². The average Bonchev–Trinajstić information content (AvgIpc) is 2.73. The van der Waals surface area contributed by atoms with Crippen molar-refractivity contribution in [2.24, 2.45) is 0 Å². The van der Waals surface area contributed by atoms with Crippen LogP contribution in [0.1, 0.15) is 11.1 Å². The summed E-state index contributed by atoms with van der Waals surface area (Å²) in [6.45, 7) is 2.04. The number of aliphatic hydroxyl groups excluding tert-OH is 1. The second-order valence-electron chi connectivity index (χ2n) is 4.22. The molecule has 0 spiro atoms. The third-order valence-corrected chi connectivity index (χ3v) is 3.67. The number of H-pyrrole nitrogens is 1. The third-order valence-electron chi connectivity index (χ3n) is 3.26. The molecule has 0 aliphatic rings. The lowest BCUT2D eigenvalue weighted by molar-refractivity contribution is 0.283. The molecule has 0 fully saturated rings. The van der Waals surface area contributed by atoms with Crippen LogP contribution in [0.4, 0.5) is 0 Å². The number of aromatic nitrogens is 1. The van der Waals surface area contributed by atoms with E-state index in [1.54, 1.807) is 0 Å². The summed E-state index contributed by atoms with van der Waals surface area (Å²) in [6.07, 6.45) is 0. The maximum absolute atomic E-state index is 9.34. The number of fused-ring (bicyclic) bond motifs is 3. The minimum atomic E-state index is 0.0386. The molecule has 0 saturated heterocycles. The minimum Gasteiger partial charge on any atom is -0.392 e.